The highest BCUT2D eigenvalue weighted by Crippen LogP contribution is 1.90. The molecule has 92 valence electrons. The average Bonchev–Trinajstić information content (AvgIpc) is 2.35. The van der Waals surface area contributed by atoms with Crippen LogP contribution in [0.5, 0.6) is 0 Å². The van der Waals surface area contributed by atoms with Gasteiger partial charge in [0.05, 0.1) is 6.54 Å². The molecule has 0 aliphatic carbocycles. The van der Waals surface area contributed by atoms with Crippen molar-refractivity contribution < 1.29 is 4.79 Å². The van der Waals surface area contributed by atoms with Crippen LogP contribution < -0.4 is 10.6 Å². The summed E-state index contributed by atoms with van der Waals surface area (Å²) < 4.78 is 0. The summed E-state index contributed by atoms with van der Waals surface area (Å²) in [4.78, 5) is 13.1. The van der Waals surface area contributed by atoms with Gasteiger partial charge in [0.2, 0.25) is 5.91 Å². The molecule has 0 saturated carbocycles. The van der Waals surface area contributed by atoms with Crippen LogP contribution in [0.2, 0.25) is 0 Å². The highest BCUT2D eigenvalue weighted by atomic mass is 16.1. The van der Waals surface area contributed by atoms with E-state index in [4.69, 9.17) is 0 Å². The van der Waals surface area contributed by atoms with Gasteiger partial charge in [-0.05, 0) is 0 Å². The van der Waals surface area contributed by atoms with Crippen molar-refractivity contribution in [1.82, 2.24) is 15.5 Å². The van der Waals surface area contributed by atoms with E-state index in [0.29, 0.717) is 6.54 Å². The van der Waals surface area contributed by atoms with Crippen molar-refractivity contribution in [2.75, 3.05) is 39.8 Å². The van der Waals surface area contributed by atoms with Crippen LogP contribution >= 0.6 is 0 Å². The largest absolute Gasteiger partial charge is 0.358 e. The molecular formula is C11H27N3O. The van der Waals surface area contributed by atoms with Gasteiger partial charge in [-0.2, -0.15) is 0 Å². The van der Waals surface area contributed by atoms with Gasteiger partial charge >= 0.3 is 0 Å². The molecule has 1 rings (SSSR count). The Kier molecular flexibility index (Phi) is 15.0. The van der Waals surface area contributed by atoms with E-state index in [0.717, 1.165) is 26.2 Å². The summed E-state index contributed by atoms with van der Waals surface area (Å²) in [7, 11) is 1.67. The molecule has 0 radical (unpaired) electrons. The van der Waals surface area contributed by atoms with E-state index >= 15 is 0 Å². The average molecular weight is 217 g/mol. The second-order valence-electron chi connectivity index (χ2n) is 2.70. The van der Waals surface area contributed by atoms with Gasteiger partial charge in [0.25, 0.3) is 0 Å². The fraction of sp³-hybridized carbons (Fsp3) is 0.909. The fourth-order valence-corrected chi connectivity index (χ4v) is 1.15. The molecule has 2 N–H and O–H groups in total. The van der Waals surface area contributed by atoms with Gasteiger partial charge in [0.1, 0.15) is 0 Å². The topological polar surface area (TPSA) is 44.4 Å². The minimum atomic E-state index is 0.104. The zero-order valence-electron chi connectivity index (χ0n) is 10.9. The van der Waals surface area contributed by atoms with Crippen molar-refractivity contribution in [3.8, 4) is 0 Å². The molecule has 1 saturated heterocycles. The lowest BCUT2D eigenvalue weighted by Gasteiger charge is -2.26. The Morgan fingerprint density at radius 1 is 1.20 bits per heavy atom. The number of hydrogen-bond acceptors (Lipinski definition) is 3. The van der Waals surface area contributed by atoms with E-state index in [1.807, 2.05) is 27.7 Å². The first-order valence-electron chi connectivity index (χ1n) is 5.96. The van der Waals surface area contributed by atoms with Crippen LogP contribution in [0.3, 0.4) is 0 Å². The monoisotopic (exact) mass is 217 g/mol. The number of carbonyl (C=O) groups is 1. The number of hydrogen-bond donors (Lipinski definition) is 2. The maximum atomic E-state index is 10.9. The summed E-state index contributed by atoms with van der Waals surface area (Å²) in [6, 6.07) is 0. The van der Waals surface area contributed by atoms with Crippen LogP contribution in [0.4, 0.5) is 0 Å². The van der Waals surface area contributed by atoms with Gasteiger partial charge in [0.15, 0.2) is 0 Å². The molecule has 0 aromatic carbocycles. The molecule has 1 aliphatic heterocycles. The molecule has 0 aromatic heterocycles. The molecule has 1 amide bonds. The molecule has 1 heterocycles. The summed E-state index contributed by atoms with van der Waals surface area (Å²) in [6.07, 6.45) is 0. The minimum Gasteiger partial charge on any atom is -0.358 e. The maximum Gasteiger partial charge on any atom is 0.233 e. The molecule has 0 aromatic rings. The van der Waals surface area contributed by atoms with E-state index in [1.54, 1.807) is 7.05 Å². The summed E-state index contributed by atoms with van der Waals surface area (Å²) >= 11 is 0. The SMILES string of the molecule is CC.CC.CNC(=O)CN1CCNCC1. The van der Waals surface area contributed by atoms with Gasteiger partial charge < -0.3 is 10.6 Å². The van der Waals surface area contributed by atoms with Gasteiger partial charge in [-0.1, -0.05) is 27.7 Å². The van der Waals surface area contributed by atoms with Crippen molar-refractivity contribution >= 4 is 5.91 Å². The molecule has 4 heteroatoms. The minimum absolute atomic E-state index is 0.104. The maximum absolute atomic E-state index is 10.9. The first-order chi connectivity index (χ1) is 7.33. The smallest absolute Gasteiger partial charge is 0.233 e. The Morgan fingerprint density at radius 2 is 1.67 bits per heavy atom. The lowest BCUT2D eigenvalue weighted by Crippen LogP contribution is -2.47. The predicted molar refractivity (Wildman–Crippen MR) is 66.1 cm³/mol. The quantitative estimate of drug-likeness (QED) is 0.715. The number of likely N-dealkylation sites (N-methyl/N-ethyl adjacent to an activating group) is 1. The molecule has 1 aliphatic rings. The second-order valence-corrected chi connectivity index (χ2v) is 2.70. The number of nitrogens with zero attached hydrogens (tertiary/aromatic N) is 1. The molecule has 0 unspecified atom stereocenters. The number of piperazine rings is 1. The Labute approximate surface area is 94.4 Å². The van der Waals surface area contributed by atoms with E-state index < -0.39 is 0 Å². The molecule has 0 spiro atoms. The van der Waals surface area contributed by atoms with Crippen LogP contribution in [0, 0.1) is 0 Å². The number of carbonyl (C=O) groups excluding carboxylic acids is 1. The van der Waals surface area contributed by atoms with E-state index in [-0.39, 0.29) is 5.91 Å². The molecule has 0 bridgehead atoms. The van der Waals surface area contributed by atoms with Gasteiger partial charge in [-0.25, -0.2) is 0 Å². The van der Waals surface area contributed by atoms with Crippen LogP contribution in [-0.4, -0.2) is 50.6 Å². The predicted octanol–water partition coefficient (Wildman–Crippen LogP) is 0.690. The van der Waals surface area contributed by atoms with Crippen molar-refractivity contribution in [3.63, 3.8) is 0 Å². The first kappa shape index (κ1) is 16.8. The standard InChI is InChI=1S/C7H15N3O.2C2H6/c1-8-7(11)6-10-4-2-9-3-5-10;2*1-2/h9H,2-6H2,1H3,(H,8,11);2*1-2H3. The fourth-order valence-electron chi connectivity index (χ4n) is 1.15. The number of rotatable bonds is 2. The molecule has 0 atom stereocenters. The van der Waals surface area contributed by atoms with Crippen LogP contribution in [0.25, 0.3) is 0 Å². The summed E-state index contributed by atoms with van der Waals surface area (Å²) in [5.41, 5.74) is 0. The summed E-state index contributed by atoms with van der Waals surface area (Å²) in [5, 5.41) is 5.84. The lowest BCUT2D eigenvalue weighted by molar-refractivity contribution is -0.121. The van der Waals surface area contributed by atoms with Crippen LogP contribution in [0.1, 0.15) is 27.7 Å². The van der Waals surface area contributed by atoms with E-state index in [2.05, 4.69) is 15.5 Å². The second kappa shape index (κ2) is 13.4. The molecular weight excluding hydrogens is 190 g/mol. The normalized spacial score (nSPS) is 15.3. The van der Waals surface area contributed by atoms with Gasteiger partial charge in [-0.3, -0.25) is 9.69 Å². The van der Waals surface area contributed by atoms with E-state index in [9.17, 15) is 4.79 Å². The molecule has 1 fully saturated rings. The Hall–Kier alpha value is -0.610. The zero-order chi connectivity index (χ0) is 12.1. The summed E-state index contributed by atoms with van der Waals surface area (Å²) in [6.45, 7) is 12.5. The van der Waals surface area contributed by atoms with Crippen molar-refractivity contribution in [2.24, 2.45) is 0 Å². The highest BCUT2D eigenvalue weighted by molar-refractivity contribution is 5.77. The third kappa shape index (κ3) is 9.69. The van der Waals surface area contributed by atoms with Gasteiger partial charge in [-0.15, -0.1) is 0 Å². The summed E-state index contributed by atoms with van der Waals surface area (Å²) in [5.74, 6) is 0.104. The first-order valence-corrected chi connectivity index (χ1v) is 5.96. The van der Waals surface area contributed by atoms with E-state index in [1.165, 1.54) is 0 Å². The van der Waals surface area contributed by atoms with Crippen LogP contribution in [0.15, 0.2) is 0 Å². The number of nitrogens with one attached hydrogen (secondary N) is 2. The Bertz CT molecular complexity index is 134. The third-order valence-corrected chi connectivity index (χ3v) is 1.86. The lowest BCUT2D eigenvalue weighted by atomic mass is 10.3. The van der Waals surface area contributed by atoms with Crippen molar-refractivity contribution in [2.45, 2.75) is 27.7 Å². The highest BCUT2D eigenvalue weighted by Gasteiger charge is 2.11. The Balaban J connectivity index is 0. The molecule has 15 heavy (non-hydrogen) atoms. The van der Waals surface area contributed by atoms with Gasteiger partial charge in [0, 0.05) is 33.2 Å². The van der Waals surface area contributed by atoms with Crippen LogP contribution in [-0.2, 0) is 4.79 Å². The third-order valence-electron chi connectivity index (χ3n) is 1.86. The van der Waals surface area contributed by atoms with Crippen molar-refractivity contribution in [3.05, 3.63) is 0 Å². The van der Waals surface area contributed by atoms with Crippen molar-refractivity contribution in [1.29, 1.82) is 0 Å². The number of amides is 1. The zero-order valence-corrected chi connectivity index (χ0v) is 10.9. The molecule has 4 nitrogen and oxygen atoms in total. The Morgan fingerprint density at radius 3 is 2.07 bits per heavy atom.